The Kier molecular flexibility index (Phi) is 3.37. The van der Waals surface area contributed by atoms with Crippen molar-refractivity contribution in [2.45, 2.75) is 6.92 Å². The minimum Gasteiger partial charge on any atom is -0.192 e. The summed E-state index contributed by atoms with van der Waals surface area (Å²) in [6.07, 6.45) is 1.91. The number of hydrogen-bond acceptors (Lipinski definition) is 1. The fourth-order valence-corrected chi connectivity index (χ4v) is 1.63. The van der Waals surface area contributed by atoms with Crippen LogP contribution < -0.4 is 0 Å². The lowest BCUT2D eigenvalue weighted by molar-refractivity contribution is 1.46. The van der Waals surface area contributed by atoms with E-state index >= 15 is 0 Å². The van der Waals surface area contributed by atoms with Crippen LogP contribution >= 0.6 is 0 Å². The van der Waals surface area contributed by atoms with Crippen molar-refractivity contribution in [2.24, 2.45) is 0 Å². The Hall–Kier alpha value is -2.33. The maximum Gasteiger partial charge on any atom is 0.0998 e. The molecular weight excluding hydrogens is 206 g/mol. The van der Waals surface area contributed by atoms with E-state index < -0.39 is 0 Å². The fourth-order valence-electron chi connectivity index (χ4n) is 1.63. The Morgan fingerprint density at radius 2 is 1.65 bits per heavy atom. The number of aryl methyl sites for hydroxylation is 1. The SMILES string of the molecule is Cc1ccc(/C=C(\C#N)c2ccccc2)cc1. The van der Waals surface area contributed by atoms with Crippen LogP contribution in [0.1, 0.15) is 16.7 Å². The van der Waals surface area contributed by atoms with Crippen molar-refractivity contribution in [3.05, 3.63) is 71.3 Å². The van der Waals surface area contributed by atoms with Crippen LogP contribution in [0, 0.1) is 18.3 Å². The van der Waals surface area contributed by atoms with Gasteiger partial charge in [-0.2, -0.15) is 5.26 Å². The second-order valence-electron chi connectivity index (χ2n) is 3.95. The molecule has 0 spiro atoms. The summed E-state index contributed by atoms with van der Waals surface area (Å²) in [5, 5.41) is 9.18. The van der Waals surface area contributed by atoms with E-state index in [0.717, 1.165) is 11.1 Å². The highest BCUT2D eigenvalue weighted by Crippen LogP contribution is 2.17. The number of rotatable bonds is 2. The van der Waals surface area contributed by atoms with Crippen molar-refractivity contribution in [3.63, 3.8) is 0 Å². The third kappa shape index (κ3) is 2.83. The van der Waals surface area contributed by atoms with Crippen molar-refractivity contribution >= 4 is 11.6 Å². The smallest absolute Gasteiger partial charge is 0.0998 e. The van der Waals surface area contributed by atoms with Crippen molar-refractivity contribution in [3.8, 4) is 6.07 Å². The van der Waals surface area contributed by atoms with Gasteiger partial charge in [-0.1, -0.05) is 60.2 Å². The molecule has 2 aromatic carbocycles. The van der Waals surface area contributed by atoms with Crippen molar-refractivity contribution in [2.75, 3.05) is 0 Å². The topological polar surface area (TPSA) is 23.8 Å². The molecule has 0 saturated heterocycles. The van der Waals surface area contributed by atoms with E-state index in [4.69, 9.17) is 0 Å². The molecule has 0 amide bonds. The van der Waals surface area contributed by atoms with Gasteiger partial charge in [0.25, 0.3) is 0 Å². The summed E-state index contributed by atoms with van der Waals surface area (Å²) in [6, 6.07) is 20.1. The van der Waals surface area contributed by atoms with Gasteiger partial charge in [-0.05, 0) is 24.1 Å². The molecule has 0 N–H and O–H groups in total. The summed E-state index contributed by atoms with van der Waals surface area (Å²) in [5.74, 6) is 0. The van der Waals surface area contributed by atoms with Gasteiger partial charge >= 0.3 is 0 Å². The van der Waals surface area contributed by atoms with Gasteiger partial charge in [0.15, 0.2) is 0 Å². The fraction of sp³-hybridized carbons (Fsp3) is 0.0625. The first-order valence-corrected chi connectivity index (χ1v) is 5.53. The maximum atomic E-state index is 9.18. The minimum absolute atomic E-state index is 0.689. The molecule has 0 aromatic heterocycles. The van der Waals surface area contributed by atoms with Gasteiger partial charge in [0.05, 0.1) is 11.6 Å². The zero-order valence-corrected chi connectivity index (χ0v) is 9.72. The van der Waals surface area contributed by atoms with Gasteiger partial charge in [-0.25, -0.2) is 0 Å². The number of nitriles is 1. The molecule has 2 aromatic rings. The first kappa shape index (κ1) is 11.2. The minimum atomic E-state index is 0.689. The summed E-state index contributed by atoms with van der Waals surface area (Å²) >= 11 is 0. The Bertz CT molecular complexity index is 557. The molecule has 0 atom stereocenters. The molecule has 0 aliphatic heterocycles. The lowest BCUT2D eigenvalue weighted by Crippen LogP contribution is -1.81. The second-order valence-corrected chi connectivity index (χ2v) is 3.95. The molecule has 0 heterocycles. The molecule has 0 aliphatic rings. The van der Waals surface area contributed by atoms with Crippen LogP contribution in [-0.4, -0.2) is 0 Å². The van der Waals surface area contributed by atoms with E-state index in [1.807, 2.05) is 60.7 Å². The molecule has 1 nitrogen and oxygen atoms in total. The van der Waals surface area contributed by atoms with Crippen LogP contribution in [0.4, 0.5) is 0 Å². The predicted molar refractivity (Wildman–Crippen MR) is 71.1 cm³/mol. The first-order chi connectivity index (χ1) is 8.29. The normalized spacial score (nSPS) is 10.9. The molecule has 1 heteroatoms. The van der Waals surface area contributed by atoms with Crippen LogP contribution in [0.3, 0.4) is 0 Å². The lowest BCUT2D eigenvalue weighted by Gasteiger charge is -1.99. The van der Waals surface area contributed by atoms with E-state index in [0.29, 0.717) is 5.57 Å². The van der Waals surface area contributed by atoms with Crippen LogP contribution in [-0.2, 0) is 0 Å². The van der Waals surface area contributed by atoms with Crippen LogP contribution in [0.25, 0.3) is 11.6 Å². The molecule has 0 radical (unpaired) electrons. The lowest BCUT2D eigenvalue weighted by atomic mass is 10.0. The standard InChI is InChI=1S/C16H13N/c1-13-7-9-14(10-8-13)11-16(12-17)15-5-3-2-4-6-15/h2-11H,1H3/b16-11+. The molecule has 17 heavy (non-hydrogen) atoms. The predicted octanol–water partition coefficient (Wildman–Crippen LogP) is 4.06. The highest BCUT2D eigenvalue weighted by Gasteiger charge is 1.99. The van der Waals surface area contributed by atoms with E-state index in [-0.39, 0.29) is 0 Å². The number of nitrogens with zero attached hydrogens (tertiary/aromatic N) is 1. The third-order valence-corrected chi connectivity index (χ3v) is 2.59. The molecule has 0 unspecified atom stereocenters. The summed E-state index contributed by atoms with van der Waals surface area (Å²) in [4.78, 5) is 0. The quantitative estimate of drug-likeness (QED) is 0.552. The Morgan fingerprint density at radius 1 is 1.00 bits per heavy atom. The third-order valence-electron chi connectivity index (χ3n) is 2.59. The van der Waals surface area contributed by atoms with Crippen LogP contribution in [0.2, 0.25) is 0 Å². The molecule has 0 saturated carbocycles. The summed E-state index contributed by atoms with van der Waals surface area (Å²) in [6.45, 7) is 2.05. The van der Waals surface area contributed by atoms with E-state index in [9.17, 15) is 5.26 Å². The summed E-state index contributed by atoms with van der Waals surface area (Å²) < 4.78 is 0. The number of benzene rings is 2. The van der Waals surface area contributed by atoms with Gasteiger partial charge < -0.3 is 0 Å². The van der Waals surface area contributed by atoms with Gasteiger partial charge in [-0.3, -0.25) is 0 Å². The number of allylic oxidation sites excluding steroid dienone is 1. The second kappa shape index (κ2) is 5.14. The molecule has 2 rings (SSSR count). The summed E-state index contributed by atoms with van der Waals surface area (Å²) in [7, 11) is 0. The Labute approximate surface area is 102 Å². The highest BCUT2D eigenvalue weighted by molar-refractivity contribution is 5.89. The molecule has 0 fully saturated rings. The monoisotopic (exact) mass is 219 g/mol. The Balaban J connectivity index is 2.37. The van der Waals surface area contributed by atoms with E-state index in [1.54, 1.807) is 0 Å². The van der Waals surface area contributed by atoms with Crippen molar-refractivity contribution < 1.29 is 0 Å². The average molecular weight is 219 g/mol. The Morgan fingerprint density at radius 3 is 2.24 bits per heavy atom. The molecule has 82 valence electrons. The first-order valence-electron chi connectivity index (χ1n) is 5.53. The van der Waals surface area contributed by atoms with E-state index in [1.165, 1.54) is 5.56 Å². The van der Waals surface area contributed by atoms with Crippen LogP contribution in [0.15, 0.2) is 54.6 Å². The van der Waals surface area contributed by atoms with Crippen molar-refractivity contribution in [1.29, 1.82) is 5.26 Å². The highest BCUT2D eigenvalue weighted by atomic mass is 14.2. The molecule has 0 bridgehead atoms. The van der Waals surface area contributed by atoms with Gasteiger partial charge in [0.2, 0.25) is 0 Å². The summed E-state index contributed by atoms with van der Waals surface area (Å²) in [5.41, 5.74) is 3.92. The number of hydrogen-bond donors (Lipinski definition) is 0. The van der Waals surface area contributed by atoms with Gasteiger partial charge in [0, 0.05) is 0 Å². The largest absolute Gasteiger partial charge is 0.192 e. The van der Waals surface area contributed by atoms with Crippen LogP contribution in [0.5, 0.6) is 0 Å². The van der Waals surface area contributed by atoms with Gasteiger partial charge in [-0.15, -0.1) is 0 Å². The maximum absolute atomic E-state index is 9.18. The molecule has 0 aliphatic carbocycles. The van der Waals surface area contributed by atoms with Crippen molar-refractivity contribution in [1.82, 2.24) is 0 Å². The molecular formula is C16H13N. The van der Waals surface area contributed by atoms with Gasteiger partial charge in [0.1, 0.15) is 0 Å². The zero-order valence-electron chi connectivity index (χ0n) is 9.72. The average Bonchev–Trinajstić information content (AvgIpc) is 2.39. The van der Waals surface area contributed by atoms with E-state index in [2.05, 4.69) is 13.0 Å². The zero-order chi connectivity index (χ0) is 12.1.